The van der Waals surface area contributed by atoms with Gasteiger partial charge in [0.2, 0.25) is 17.6 Å². The molecule has 4 rings (SSSR count). The van der Waals surface area contributed by atoms with Gasteiger partial charge < -0.3 is 9.84 Å². The molecule has 2 aliphatic rings. The van der Waals surface area contributed by atoms with E-state index in [9.17, 15) is 4.79 Å². The summed E-state index contributed by atoms with van der Waals surface area (Å²) in [5.74, 6) is 1.45. The number of carbonyl (C=O) groups is 1. The van der Waals surface area contributed by atoms with Gasteiger partial charge in [0.15, 0.2) is 0 Å². The second-order valence-corrected chi connectivity index (χ2v) is 7.31. The molecule has 8 heteroatoms. The van der Waals surface area contributed by atoms with Crippen molar-refractivity contribution in [3.8, 4) is 11.4 Å². The van der Waals surface area contributed by atoms with Gasteiger partial charge in [0.1, 0.15) is 6.33 Å². The first-order valence-corrected chi connectivity index (χ1v) is 9.30. The molecule has 1 amide bonds. The van der Waals surface area contributed by atoms with Crippen molar-refractivity contribution in [3.05, 3.63) is 24.6 Å². The Morgan fingerprint density at radius 3 is 2.77 bits per heavy atom. The normalized spacial score (nSPS) is 24.7. The molecular formula is C18H24N6O2. The molecule has 2 atom stereocenters. The lowest BCUT2D eigenvalue weighted by Crippen LogP contribution is -2.40. The molecule has 1 saturated carbocycles. The van der Waals surface area contributed by atoms with Crippen LogP contribution < -0.4 is 5.32 Å². The zero-order valence-corrected chi connectivity index (χ0v) is 15.0. The highest BCUT2D eigenvalue weighted by Gasteiger charge is 2.36. The zero-order chi connectivity index (χ0) is 17.9. The third-order valence-corrected chi connectivity index (χ3v) is 5.42. The fraction of sp³-hybridized carbons (Fsp3) is 0.611. The Hall–Kier alpha value is -2.35. The van der Waals surface area contributed by atoms with E-state index in [1.807, 2.05) is 7.05 Å². The van der Waals surface area contributed by atoms with Crippen LogP contribution in [-0.4, -0.2) is 50.5 Å². The Bertz CT molecular complexity index is 743. The minimum Gasteiger partial charge on any atom is -0.352 e. The van der Waals surface area contributed by atoms with Gasteiger partial charge in [0, 0.05) is 30.9 Å². The summed E-state index contributed by atoms with van der Waals surface area (Å²) >= 11 is 0. The molecule has 2 fully saturated rings. The third-order valence-electron chi connectivity index (χ3n) is 5.42. The summed E-state index contributed by atoms with van der Waals surface area (Å²) in [5, 5.41) is 7.27. The number of nitrogens with one attached hydrogen (secondary N) is 1. The van der Waals surface area contributed by atoms with Gasteiger partial charge in [-0.1, -0.05) is 24.4 Å². The van der Waals surface area contributed by atoms with Gasteiger partial charge >= 0.3 is 0 Å². The second kappa shape index (κ2) is 7.49. The largest absolute Gasteiger partial charge is 0.352 e. The zero-order valence-electron chi connectivity index (χ0n) is 15.0. The lowest BCUT2D eigenvalue weighted by molar-refractivity contribution is -0.126. The van der Waals surface area contributed by atoms with Crippen molar-refractivity contribution in [2.24, 2.45) is 5.92 Å². The van der Waals surface area contributed by atoms with Crippen LogP contribution in [0, 0.1) is 5.92 Å². The molecule has 3 heterocycles. The Balaban J connectivity index is 1.39. The van der Waals surface area contributed by atoms with Gasteiger partial charge in [-0.25, -0.2) is 9.97 Å². The highest BCUT2D eigenvalue weighted by Crippen LogP contribution is 2.31. The van der Waals surface area contributed by atoms with Crippen LogP contribution in [0.3, 0.4) is 0 Å². The number of hydrogen-bond acceptors (Lipinski definition) is 7. The maximum atomic E-state index is 12.5. The molecule has 1 saturated heterocycles. The lowest BCUT2D eigenvalue weighted by Gasteiger charge is -2.22. The highest BCUT2D eigenvalue weighted by atomic mass is 16.5. The highest BCUT2D eigenvalue weighted by molar-refractivity contribution is 5.79. The molecule has 0 aromatic carbocycles. The standard InChI is InChI=1S/C18H24N6O2/c1-24-10-14(21-17(25)12-5-3-2-4-6-12)7-15(24)18-22-16(23-26-18)13-8-19-11-20-9-13/h8-9,11-12,14-15H,2-7,10H2,1H3,(H,21,25)/t14-,15-/m0/s1. The van der Waals surface area contributed by atoms with Crippen LogP contribution in [0.4, 0.5) is 0 Å². The smallest absolute Gasteiger partial charge is 0.244 e. The van der Waals surface area contributed by atoms with Gasteiger partial charge in [-0.15, -0.1) is 0 Å². The van der Waals surface area contributed by atoms with Crippen LogP contribution in [0.5, 0.6) is 0 Å². The molecule has 1 N–H and O–H groups in total. The molecule has 0 unspecified atom stereocenters. The van der Waals surface area contributed by atoms with Crippen LogP contribution in [0.25, 0.3) is 11.4 Å². The molecule has 138 valence electrons. The number of likely N-dealkylation sites (N-methyl/N-ethyl adjacent to an activating group) is 1. The van der Waals surface area contributed by atoms with E-state index in [2.05, 4.69) is 30.3 Å². The van der Waals surface area contributed by atoms with E-state index in [0.717, 1.165) is 31.4 Å². The minimum absolute atomic E-state index is 0.0116. The van der Waals surface area contributed by atoms with E-state index in [4.69, 9.17) is 4.52 Å². The van der Waals surface area contributed by atoms with Gasteiger partial charge in [-0.3, -0.25) is 9.69 Å². The molecule has 8 nitrogen and oxygen atoms in total. The fourth-order valence-electron chi connectivity index (χ4n) is 3.98. The fourth-order valence-corrected chi connectivity index (χ4v) is 3.98. The summed E-state index contributed by atoms with van der Waals surface area (Å²) < 4.78 is 5.47. The Kier molecular flexibility index (Phi) is 4.92. The number of aromatic nitrogens is 4. The van der Waals surface area contributed by atoms with E-state index >= 15 is 0 Å². The van der Waals surface area contributed by atoms with Crippen molar-refractivity contribution in [1.82, 2.24) is 30.3 Å². The first-order valence-electron chi connectivity index (χ1n) is 9.30. The SMILES string of the molecule is CN1C[C@@H](NC(=O)C2CCCCC2)C[C@H]1c1nc(-c2cncnc2)no1. The van der Waals surface area contributed by atoms with Crippen LogP contribution in [0.1, 0.15) is 50.5 Å². The average molecular weight is 356 g/mol. The summed E-state index contributed by atoms with van der Waals surface area (Å²) in [7, 11) is 2.02. The van der Waals surface area contributed by atoms with Crippen molar-refractivity contribution in [2.45, 2.75) is 50.6 Å². The molecule has 2 aromatic rings. The van der Waals surface area contributed by atoms with Crippen LogP contribution >= 0.6 is 0 Å². The summed E-state index contributed by atoms with van der Waals surface area (Å²) in [6, 6.07) is 0.132. The summed E-state index contributed by atoms with van der Waals surface area (Å²) in [6.07, 6.45) is 11.2. The number of amides is 1. The molecule has 2 aromatic heterocycles. The minimum atomic E-state index is 0.0116. The molecule has 26 heavy (non-hydrogen) atoms. The van der Waals surface area contributed by atoms with E-state index in [1.165, 1.54) is 25.6 Å². The van der Waals surface area contributed by atoms with Crippen LogP contribution in [-0.2, 0) is 4.79 Å². The summed E-state index contributed by atoms with van der Waals surface area (Å²) in [5.41, 5.74) is 0.727. The number of hydrogen-bond donors (Lipinski definition) is 1. The quantitative estimate of drug-likeness (QED) is 0.894. The molecule has 1 aliphatic carbocycles. The molecule has 1 aliphatic heterocycles. The van der Waals surface area contributed by atoms with Gasteiger partial charge in [-0.05, 0) is 26.3 Å². The lowest BCUT2D eigenvalue weighted by atomic mass is 9.88. The van der Waals surface area contributed by atoms with E-state index in [1.54, 1.807) is 12.4 Å². The predicted molar refractivity (Wildman–Crippen MR) is 93.8 cm³/mol. The Labute approximate surface area is 152 Å². The first kappa shape index (κ1) is 17.1. The summed E-state index contributed by atoms with van der Waals surface area (Å²) in [6.45, 7) is 0.787. The topological polar surface area (TPSA) is 97.0 Å². The van der Waals surface area contributed by atoms with Gasteiger partial charge in [0.05, 0.1) is 11.6 Å². The van der Waals surface area contributed by atoms with Crippen LogP contribution in [0.2, 0.25) is 0 Å². The van der Waals surface area contributed by atoms with Crippen molar-refractivity contribution >= 4 is 5.91 Å². The number of nitrogens with zero attached hydrogens (tertiary/aromatic N) is 5. The van der Waals surface area contributed by atoms with Crippen molar-refractivity contribution in [1.29, 1.82) is 0 Å². The third kappa shape index (κ3) is 3.60. The van der Waals surface area contributed by atoms with E-state index in [0.29, 0.717) is 11.7 Å². The monoisotopic (exact) mass is 356 g/mol. The van der Waals surface area contributed by atoms with Crippen molar-refractivity contribution in [2.75, 3.05) is 13.6 Å². The molecule has 0 spiro atoms. The van der Waals surface area contributed by atoms with Crippen LogP contribution in [0.15, 0.2) is 23.2 Å². The predicted octanol–water partition coefficient (Wildman–Crippen LogP) is 1.97. The van der Waals surface area contributed by atoms with Crippen molar-refractivity contribution in [3.63, 3.8) is 0 Å². The number of likely N-dealkylation sites (tertiary alicyclic amines) is 1. The average Bonchev–Trinajstić information content (AvgIpc) is 3.30. The van der Waals surface area contributed by atoms with E-state index in [-0.39, 0.29) is 23.9 Å². The maximum Gasteiger partial charge on any atom is 0.244 e. The summed E-state index contributed by atoms with van der Waals surface area (Å²) in [4.78, 5) is 27.1. The first-order chi connectivity index (χ1) is 12.7. The number of rotatable bonds is 4. The van der Waals surface area contributed by atoms with Gasteiger partial charge in [0.25, 0.3) is 0 Å². The number of carbonyl (C=O) groups excluding carboxylic acids is 1. The second-order valence-electron chi connectivity index (χ2n) is 7.31. The van der Waals surface area contributed by atoms with E-state index < -0.39 is 0 Å². The Morgan fingerprint density at radius 2 is 2.00 bits per heavy atom. The van der Waals surface area contributed by atoms with Gasteiger partial charge in [-0.2, -0.15) is 4.98 Å². The molecular weight excluding hydrogens is 332 g/mol. The van der Waals surface area contributed by atoms with Crippen molar-refractivity contribution < 1.29 is 9.32 Å². The Morgan fingerprint density at radius 1 is 1.23 bits per heavy atom. The molecule has 0 bridgehead atoms. The molecule has 0 radical (unpaired) electrons. The maximum absolute atomic E-state index is 12.5.